The molecular weight excluding hydrogens is 250 g/mol. The maximum Gasteiger partial charge on any atom is 0.224 e. The molecule has 0 aliphatic heterocycles. The van der Waals surface area contributed by atoms with Crippen molar-refractivity contribution in [1.29, 1.82) is 0 Å². The summed E-state index contributed by atoms with van der Waals surface area (Å²) in [7, 11) is 3.96. The van der Waals surface area contributed by atoms with E-state index in [9.17, 15) is 4.79 Å². The fourth-order valence-electron chi connectivity index (χ4n) is 2.27. The second-order valence-electron chi connectivity index (χ2n) is 5.93. The van der Waals surface area contributed by atoms with Crippen LogP contribution in [0.2, 0.25) is 0 Å². The van der Waals surface area contributed by atoms with Crippen LogP contribution in [0.1, 0.15) is 26.7 Å². The van der Waals surface area contributed by atoms with E-state index in [1.165, 1.54) is 0 Å². The Balaban J connectivity index is 2.59. The first-order valence-corrected chi connectivity index (χ1v) is 7.19. The number of carbonyl (C=O) groups excluding carboxylic acids is 1. The Bertz CT molecular complexity index is 429. The van der Waals surface area contributed by atoms with E-state index in [4.69, 9.17) is 5.73 Å². The summed E-state index contributed by atoms with van der Waals surface area (Å²) in [5, 5.41) is 2.95. The van der Waals surface area contributed by atoms with Crippen molar-refractivity contribution in [1.82, 2.24) is 0 Å². The van der Waals surface area contributed by atoms with E-state index in [1.807, 2.05) is 43.3 Å². The number of nitrogens with zero attached hydrogens (tertiary/aromatic N) is 1. The van der Waals surface area contributed by atoms with Gasteiger partial charge in [-0.2, -0.15) is 0 Å². The molecule has 0 fully saturated rings. The summed E-state index contributed by atoms with van der Waals surface area (Å²) in [5.74, 6) is 0.859. The van der Waals surface area contributed by atoms with Crippen LogP contribution >= 0.6 is 0 Å². The summed E-state index contributed by atoms with van der Waals surface area (Å²) < 4.78 is 0. The second-order valence-corrected chi connectivity index (χ2v) is 5.93. The number of rotatable bonds is 7. The van der Waals surface area contributed by atoms with Gasteiger partial charge in [0.15, 0.2) is 0 Å². The van der Waals surface area contributed by atoms with Crippen LogP contribution in [-0.4, -0.2) is 26.5 Å². The van der Waals surface area contributed by atoms with Crippen molar-refractivity contribution in [3.63, 3.8) is 0 Å². The molecule has 4 nitrogen and oxygen atoms in total. The lowest BCUT2D eigenvalue weighted by molar-refractivity contribution is -0.117. The molecule has 20 heavy (non-hydrogen) atoms. The minimum Gasteiger partial charge on any atom is -0.378 e. The molecule has 1 unspecified atom stereocenters. The first-order valence-electron chi connectivity index (χ1n) is 7.19. The number of benzene rings is 1. The average molecular weight is 277 g/mol. The van der Waals surface area contributed by atoms with Gasteiger partial charge in [0.05, 0.1) is 0 Å². The maximum absolute atomic E-state index is 12.1. The standard InChI is InChI=1S/C16H27N3O/c1-12(2)8-13(11-17)9-16(20)18-14-6-5-7-15(10-14)19(3)4/h5-7,10,12-13H,8-9,11,17H2,1-4H3,(H,18,20). The van der Waals surface area contributed by atoms with E-state index in [-0.39, 0.29) is 11.8 Å². The van der Waals surface area contributed by atoms with Gasteiger partial charge in [0.2, 0.25) is 5.91 Å². The third-order valence-corrected chi connectivity index (χ3v) is 3.26. The van der Waals surface area contributed by atoms with E-state index < -0.39 is 0 Å². The van der Waals surface area contributed by atoms with Crippen LogP contribution in [0.15, 0.2) is 24.3 Å². The van der Waals surface area contributed by atoms with Crippen LogP contribution in [0.4, 0.5) is 11.4 Å². The quantitative estimate of drug-likeness (QED) is 0.805. The van der Waals surface area contributed by atoms with Crippen LogP contribution in [0.5, 0.6) is 0 Å². The summed E-state index contributed by atoms with van der Waals surface area (Å²) >= 11 is 0. The number of anilines is 2. The van der Waals surface area contributed by atoms with Crippen molar-refractivity contribution in [2.45, 2.75) is 26.7 Å². The van der Waals surface area contributed by atoms with Crippen LogP contribution < -0.4 is 16.0 Å². The summed E-state index contributed by atoms with van der Waals surface area (Å²) in [5.41, 5.74) is 7.64. The fraction of sp³-hybridized carbons (Fsp3) is 0.562. The van der Waals surface area contributed by atoms with Crippen molar-refractivity contribution >= 4 is 17.3 Å². The predicted octanol–water partition coefficient (Wildman–Crippen LogP) is 2.70. The van der Waals surface area contributed by atoms with E-state index in [0.717, 1.165) is 17.8 Å². The molecule has 0 aliphatic rings. The van der Waals surface area contributed by atoms with Crippen molar-refractivity contribution in [3.8, 4) is 0 Å². The van der Waals surface area contributed by atoms with E-state index in [2.05, 4.69) is 19.2 Å². The molecule has 3 N–H and O–H groups in total. The molecule has 1 rings (SSSR count). The van der Waals surface area contributed by atoms with Gasteiger partial charge in [0.1, 0.15) is 0 Å². The molecule has 0 aromatic heterocycles. The van der Waals surface area contributed by atoms with Gasteiger partial charge in [-0.15, -0.1) is 0 Å². The Hall–Kier alpha value is -1.55. The first kappa shape index (κ1) is 16.5. The normalized spacial score (nSPS) is 12.3. The lowest BCUT2D eigenvalue weighted by Gasteiger charge is -2.17. The largest absolute Gasteiger partial charge is 0.378 e. The summed E-state index contributed by atoms with van der Waals surface area (Å²) in [6.45, 7) is 4.87. The predicted molar refractivity (Wildman–Crippen MR) is 86.0 cm³/mol. The SMILES string of the molecule is CC(C)CC(CN)CC(=O)Nc1cccc(N(C)C)c1. The number of nitrogens with two attached hydrogens (primary N) is 1. The molecule has 4 heteroatoms. The minimum atomic E-state index is 0.0389. The molecular formula is C16H27N3O. The third kappa shape index (κ3) is 5.61. The van der Waals surface area contributed by atoms with E-state index in [1.54, 1.807) is 0 Å². The van der Waals surface area contributed by atoms with Crippen LogP contribution in [0.3, 0.4) is 0 Å². The van der Waals surface area contributed by atoms with Gasteiger partial charge in [0, 0.05) is 31.9 Å². The number of carbonyl (C=O) groups is 1. The molecule has 0 saturated carbocycles. The molecule has 1 atom stereocenters. The Labute approximate surface area is 122 Å². The molecule has 0 heterocycles. The Morgan fingerprint density at radius 1 is 1.35 bits per heavy atom. The second kappa shape index (κ2) is 7.90. The Morgan fingerprint density at radius 2 is 2.05 bits per heavy atom. The molecule has 0 bridgehead atoms. The van der Waals surface area contributed by atoms with Crippen molar-refractivity contribution < 1.29 is 4.79 Å². The molecule has 0 saturated heterocycles. The summed E-state index contributed by atoms with van der Waals surface area (Å²) in [6.07, 6.45) is 1.47. The zero-order valence-electron chi connectivity index (χ0n) is 13.0. The first-order chi connectivity index (χ1) is 9.42. The van der Waals surface area contributed by atoms with Gasteiger partial charge in [-0.05, 0) is 43.0 Å². The van der Waals surface area contributed by atoms with Crippen molar-refractivity contribution in [3.05, 3.63) is 24.3 Å². The third-order valence-electron chi connectivity index (χ3n) is 3.26. The highest BCUT2D eigenvalue weighted by atomic mass is 16.1. The Morgan fingerprint density at radius 3 is 2.60 bits per heavy atom. The molecule has 112 valence electrons. The molecule has 1 aromatic carbocycles. The van der Waals surface area contributed by atoms with Crippen molar-refractivity contribution in [2.24, 2.45) is 17.6 Å². The summed E-state index contributed by atoms with van der Waals surface area (Å²) in [4.78, 5) is 14.1. The highest BCUT2D eigenvalue weighted by Crippen LogP contribution is 2.19. The number of amides is 1. The monoisotopic (exact) mass is 277 g/mol. The fourth-order valence-corrected chi connectivity index (χ4v) is 2.27. The molecule has 1 aromatic rings. The Kier molecular flexibility index (Phi) is 6.52. The van der Waals surface area contributed by atoms with E-state index in [0.29, 0.717) is 18.9 Å². The van der Waals surface area contributed by atoms with Crippen LogP contribution in [0, 0.1) is 11.8 Å². The van der Waals surface area contributed by atoms with E-state index >= 15 is 0 Å². The van der Waals surface area contributed by atoms with Gasteiger partial charge in [-0.1, -0.05) is 19.9 Å². The molecule has 1 amide bonds. The molecule has 0 spiro atoms. The maximum atomic E-state index is 12.1. The van der Waals surface area contributed by atoms with Crippen LogP contribution in [-0.2, 0) is 4.79 Å². The van der Waals surface area contributed by atoms with Gasteiger partial charge >= 0.3 is 0 Å². The lowest BCUT2D eigenvalue weighted by atomic mass is 9.94. The van der Waals surface area contributed by atoms with Gasteiger partial charge < -0.3 is 16.0 Å². The zero-order valence-corrected chi connectivity index (χ0v) is 13.0. The number of nitrogens with one attached hydrogen (secondary N) is 1. The smallest absolute Gasteiger partial charge is 0.224 e. The van der Waals surface area contributed by atoms with Gasteiger partial charge in [-0.25, -0.2) is 0 Å². The summed E-state index contributed by atoms with van der Waals surface area (Å²) in [6, 6.07) is 7.83. The average Bonchev–Trinajstić information content (AvgIpc) is 2.37. The van der Waals surface area contributed by atoms with Gasteiger partial charge in [-0.3, -0.25) is 4.79 Å². The van der Waals surface area contributed by atoms with Crippen LogP contribution in [0.25, 0.3) is 0 Å². The highest BCUT2D eigenvalue weighted by molar-refractivity contribution is 5.91. The minimum absolute atomic E-state index is 0.0389. The topological polar surface area (TPSA) is 58.4 Å². The molecule has 0 radical (unpaired) electrons. The van der Waals surface area contributed by atoms with Crippen molar-refractivity contribution in [2.75, 3.05) is 30.9 Å². The number of hydrogen-bond donors (Lipinski definition) is 2. The zero-order chi connectivity index (χ0) is 15.1. The number of hydrogen-bond acceptors (Lipinski definition) is 3. The molecule has 0 aliphatic carbocycles. The van der Waals surface area contributed by atoms with Gasteiger partial charge in [0.25, 0.3) is 0 Å². The highest BCUT2D eigenvalue weighted by Gasteiger charge is 2.14. The lowest BCUT2D eigenvalue weighted by Crippen LogP contribution is -2.23.